The summed E-state index contributed by atoms with van der Waals surface area (Å²) in [5.41, 5.74) is 2.39. The van der Waals surface area contributed by atoms with Gasteiger partial charge in [-0.05, 0) is 112 Å². The lowest BCUT2D eigenvalue weighted by Gasteiger charge is -2.50. The van der Waals surface area contributed by atoms with E-state index in [2.05, 4.69) is 32.5 Å². The second-order valence-electron chi connectivity index (χ2n) is 14.0. The molecule has 2 saturated heterocycles. The Balaban J connectivity index is 1.08. The second-order valence-corrected chi connectivity index (χ2v) is 14.4. The fraction of sp³-hybridized carbons (Fsp3) is 0.528. The molecule has 2 bridgehead atoms. The SMILES string of the molecule is CN1C2CCC1CC(C/C=C/C(=O)Nc1cc3c(Nc4ccc(F)c(Cl)c4)ncnc3cc1OCC1CC3(CCCCC3)C1)C2. The van der Waals surface area contributed by atoms with Crippen LogP contribution < -0.4 is 15.4 Å². The predicted octanol–water partition coefficient (Wildman–Crippen LogP) is 8.66. The third kappa shape index (κ3) is 6.68. The van der Waals surface area contributed by atoms with Crippen molar-refractivity contribution in [2.45, 2.75) is 89.1 Å². The Morgan fingerprint density at radius 2 is 1.87 bits per heavy atom. The van der Waals surface area contributed by atoms with Crippen molar-refractivity contribution in [1.82, 2.24) is 14.9 Å². The van der Waals surface area contributed by atoms with Crippen LogP contribution >= 0.6 is 11.6 Å². The molecule has 2 aliphatic heterocycles. The number of hydrogen-bond donors (Lipinski definition) is 2. The molecule has 7 nitrogen and oxygen atoms in total. The number of carbonyl (C=O) groups is 1. The van der Waals surface area contributed by atoms with Gasteiger partial charge in [-0.1, -0.05) is 36.9 Å². The van der Waals surface area contributed by atoms with Crippen molar-refractivity contribution in [3.63, 3.8) is 0 Å². The molecule has 45 heavy (non-hydrogen) atoms. The van der Waals surface area contributed by atoms with Gasteiger partial charge in [-0.2, -0.15) is 0 Å². The van der Waals surface area contributed by atoms with Crippen molar-refractivity contribution < 1.29 is 13.9 Å². The number of rotatable bonds is 9. The smallest absolute Gasteiger partial charge is 0.248 e. The molecule has 2 unspecified atom stereocenters. The molecule has 9 heteroatoms. The number of anilines is 3. The first kappa shape index (κ1) is 30.4. The van der Waals surface area contributed by atoms with Crippen LogP contribution in [0.25, 0.3) is 10.9 Å². The van der Waals surface area contributed by atoms with E-state index in [4.69, 9.17) is 16.3 Å². The highest BCUT2D eigenvalue weighted by Gasteiger charge is 2.44. The Morgan fingerprint density at radius 3 is 2.62 bits per heavy atom. The summed E-state index contributed by atoms with van der Waals surface area (Å²) in [4.78, 5) is 24.7. The fourth-order valence-electron chi connectivity index (χ4n) is 8.57. The molecule has 4 aliphatic rings. The fourth-order valence-corrected chi connectivity index (χ4v) is 8.75. The summed E-state index contributed by atoms with van der Waals surface area (Å²) in [6, 6.07) is 9.55. The minimum atomic E-state index is -0.487. The van der Waals surface area contributed by atoms with Gasteiger partial charge in [0.2, 0.25) is 5.91 Å². The highest BCUT2D eigenvalue weighted by Crippen LogP contribution is 2.55. The molecule has 2 saturated carbocycles. The summed E-state index contributed by atoms with van der Waals surface area (Å²) in [7, 11) is 2.25. The molecule has 0 radical (unpaired) electrons. The Kier molecular flexibility index (Phi) is 8.71. The number of benzene rings is 2. The number of amides is 1. The van der Waals surface area contributed by atoms with Crippen LogP contribution in [0.5, 0.6) is 5.75 Å². The van der Waals surface area contributed by atoms with Crippen LogP contribution in [-0.4, -0.2) is 46.5 Å². The zero-order valence-corrected chi connectivity index (χ0v) is 26.8. The maximum Gasteiger partial charge on any atom is 0.248 e. The van der Waals surface area contributed by atoms with E-state index < -0.39 is 5.82 Å². The molecule has 1 spiro atoms. The van der Waals surface area contributed by atoms with Crippen LogP contribution in [-0.2, 0) is 4.79 Å². The molecule has 1 amide bonds. The summed E-state index contributed by atoms with van der Waals surface area (Å²) >= 11 is 6.02. The first-order valence-corrected chi connectivity index (χ1v) is 17.0. The first-order chi connectivity index (χ1) is 21.8. The third-order valence-corrected chi connectivity index (χ3v) is 11.2. The normalized spacial score (nSPS) is 24.6. The van der Waals surface area contributed by atoms with Crippen LogP contribution in [0.1, 0.15) is 77.0 Å². The number of hydrogen-bond acceptors (Lipinski definition) is 6. The summed E-state index contributed by atoms with van der Waals surface area (Å²) < 4.78 is 20.2. The summed E-state index contributed by atoms with van der Waals surface area (Å²) in [6.07, 6.45) is 20.3. The molecule has 3 heterocycles. The van der Waals surface area contributed by atoms with Gasteiger partial charge in [0, 0.05) is 29.2 Å². The molecule has 2 aromatic carbocycles. The van der Waals surface area contributed by atoms with Crippen molar-refractivity contribution in [3.8, 4) is 5.75 Å². The highest BCUT2D eigenvalue weighted by molar-refractivity contribution is 6.31. The van der Waals surface area contributed by atoms with Gasteiger partial charge in [0.25, 0.3) is 0 Å². The number of piperidine rings is 1. The first-order valence-electron chi connectivity index (χ1n) is 16.7. The Morgan fingerprint density at radius 1 is 1.09 bits per heavy atom. The number of halogens is 2. The molecule has 238 valence electrons. The van der Waals surface area contributed by atoms with Crippen LogP contribution in [0, 0.1) is 23.1 Å². The van der Waals surface area contributed by atoms with Gasteiger partial charge in [-0.25, -0.2) is 14.4 Å². The molecule has 2 atom stereocenters. The van der Waals surface area contributed by atoms with E-state index in [0.717, 1.165) is 6.42 Å². The minimum Gasteiger partial charge on any atom is -0.491 e. The molecule has 2 aliphatic carbocycles. The molecule has 2 N–H and O–H groups in total. The van der Waals surface area contributed by atoms with Gasteiger partial charge < -0.3 is 20.3 Å². The van der Waals surface area contributed by atoms with E-state index in [1.807, 2.05) is 18.2 Å². The van der Waals surface area contributed by atoms with Crippen LogP contribution in [0.2, 0.25) is 5.02 Å². The van der Waals surface area contributed by atoms with E-state index in [1.54, 1.807) is 12.1 Å². The van der Waals surface area contributed by atoms with E-state index >= 15 is 0 Å². The van der Waals surface area contributed by atoms with Gasteiger partial charge in [-0.15, -0.1) is 0 Å². The van der Waals surface area contributed by atoms with Crippen molar-refractivity contribution in [2.24, 2.45) is 17.3 Å². The Labute approximate surface area is 270 Å². The van der Waals surface area contributed by atoms with E-state index in [0.29, 0.717) is 69.8 Å². The summed E-state index contributed by atoms with van der Waals surface area (Å²) in [5.74, 6) is 1.61. The predicted molar refractivity (Wildman–Crippen MR) is 178 cm³/mol. The number of fused-ring (bicyclic) bond motifs is 3. The number of nitrogens with zero attached hydrogens (tertiary/aromatic N) is 3. The minimum absolute atomic E-state index is 0.0210. The molecule has 3 aromatic rings. The number of allylic oxidation sites excluding steroid dienone is 1. The number of carbonyl (C=O) groups excluding carboxylic acids is 1. The van der Waals surface area contributed by atoms with Gasteiger partial charge >= 0.3 is 0 Å². The second kappa shape index (κ2) is 12.9. The maximum absolute atomic E-state index is 13.8. The van der Waals surface area contributed by atoms with E-state index in [9.17, 15) is 9.18 Å². The Bertz CT molecular complexity index is 1570. The van der Waals surface area contributed by atoms with Crippen LogP contribution in [0.3, 0.4) is 0 Å². The largest absolute Gasteiger partial charge is 0.491 e. The van der Waals surface area contributed by atoms with Crippen LogP contribution in [0.15, 0.2) is 48.8 Å². The maximum atomic E-state index is 13.8. The average molecular weight is 632 g/mol. The zero-order valence-electron chi connectivity index (χ0n) is 26.0. The average Bonchev–Trinajstić information content (AvgIpc) is 3.21. The summed E-state index contributed by atoms with van der Waals surface area (Å²) in [5, 5.41) is 7.04. The van der Waals surface area contributed by atoms with Crippen LogP contribution in [0.4, 0.5) is 21.6 Å². The van der Waals surface area contributed by atoms with E-state index in [1.165, 1.54) is 89.1 Å². The van der Waals surface area contributed by atoms with Gasteiger partial charge in [0.1, 0.15) is 23.7 Å². The monoisotopic (exact) mass is 631 g/mol. The van der Waals surface area contributed by atoms with Crippen molar-refractivity contribution in [2.75, 3.05) is 24.3 Å². The lowest BCUT2D eigenvalue weighted by atomic mass is 9.56. The van der Waals surface area contributed by atoms with Crippen molar-refractivity contribution in [3.05, 3.63) is 59.7 Å². The van der Waals surface area contributed by atoms with E-state index in [-0.39, 0.29) is 10.9 Å². The zero-order chi connectivity index (χ0) is 31.0. The molecule has 7 rings (SSSR count). The van der Waals surface area contributed by atoms with Gasteiger partial charge in [0.15, 0.2) is 0 Å². The summed E-state index contributed by atoms with van der Waals surface area (Å²) in [6.45, 7) is 0.620. The lowest BCUT2D eigenvalue weighted by Crippen LogP contribution is -2.41. The van der Waals surface area contributed by atoms with Gasteiger partial charge in [-0.3, -0.25) is 4.79 Å². The Hall–Kier alpha value is -3.23. The molecular formula is C36H43ClFN5O2. The van der Waals surface area contributed by atoms with Crippen molar-refractivity contribution in [1.29, 1.82) is 0 Å². The standard InChI is InChI=1S/C36H43ClFN5O2/c1-43-26-9-10-27(43)15-23(14-26)6-5-7-34(44)42-32-17-28-31(39-22-40-35(28)41-25-8-11-30(38)29(37)16-25)18-33(32)45-21-24-19-36(20-24)12-3-2-4-13-36/h5,7-8,11,16-18,22-24,26-27H,2-4,6,9-10,12-15,19-21H2,1H3,(H,42,44)(H,39,40,41)/b7-5+. The van der Waals surface area contributed by atoms with Gasteiger partial charge in [0.05, 0.1) is 22.8 Å². The quantitative estimate of drug-likeness (QED) is 0.230. The molecule has 4 fully saturated rings. The number of ether oxygens (including phenoxy) is 1. The number of nitrogens with one attached hydrogen (secondary N) is 2. The molecular weight excluding hydrogens is 589 g/mol. The lowest BCUT2D eigenvalue weighted by molar-refractivity contribution is -0.111. The topological polar surface area (TPSA) is 79.4 Å². The highest BCUT2D eigenvalue weighted by atomic mass is 35.5. The molecule has 1 aromatic heterocycles. The van der Waals surface area contributed by atoms with Crippen molar-refractivity contribution >= 4 is 45.6 Å². The number of aromatic nitrogens is 2. The third-order valence-electron chi connectivity index (χ3n) is 10.9.